The zero-order chi connectivity index (χ0) is 20.2. The van der Waals surface area contributed by atoms with E-state index in [0.717, 1.165) is 17.0 Å². The van der Waals surface area contributed by atoms with Gasteiger partial charge in [-0.3, -0.25) is 14.3 Å². The van der Waals surface area contributed by atoms with Gasteiger partial charge in [-0.15, -0.1) is 0 Å². The number of benzene rings is 1. The summed E-state index contributed by atoms with van der Waals surface area (Å²) in [5.74, 6) is -1.35. The van der Waals surface area contributed by atoms with E-state index in [2.05, 4.69) is 10.4 Å². The molecule has 0 fully saturated rings. The summed E-state index contributed by atoms with van der Waals surface area (Å²) in [5, 5.41) is 17.1. The van der Waals surface area contributed by atoms with Crippen LogP contribution in [0, 0.1) is 19.8 Å². The Kier molecular flexibility index (Phi) is 6.41. The van der Waals surface area contributed by atoms with Gasteiger partial charge in [-0.1, -0.05) is 44.2 Å². The number of hydrogen-bond donors (Lipinski definition) is 2. The molecule has 1 aromatic heterocycles. The number of hydrogen-bond acceptors (Lipinski definition) is 3. The Morgan fingerprint density at radius 2 is 1.89 bits per heavy atom. The Labute approximate surface area is 160 Å². The van der Waals surface area contributed by atoms with Crippen molar-refractivity contribution in [2.24, 2.45) is 13.0 Å². The number of rotatable bonds is 8. The molecule has 2 atom stereocenters. The Morgan fingerprint density at radius 3 is 2.37 bits per heavy atom. The summed E-state index contributed by atoms with van der Waals surface area (Å²) in [7, 11) is 1.89. The van der Waals surface area contributed by atoms with Crippen molar-refractivity contribution in [1.82, 2.24) is 15.1 Å². The van der Waals surface area contributed by atoms with E-state index in [0.29, 0.717) is 18.4 Å². The van der Waals surface area contributed by atoms with E-state index in [1.807, 2.05) is 57.6 Å². The molecule has 6 nitrogen and oxygen atoms in total. The third kappa shape index (κ3) is 4.21. The van der Waals surface area contributed by atoms with Crippen molar-refractivity contribution in [3.8, 4) is 0 Å². The average Bonchev–Trinajstić information content (AvgIpc) is 2.89. The van der Waals surface area contributed by atoms with E-state index in [4.69, 9.17) is 0 Å². The molecular formula is C21H29N3O3. The van der Waals surface area contributed by atoms with E-state index in [-0.39, 0.29) is 18.4 Å². The van der Waals surface area contributed by atoms with Crippen molar-refractivity contribution < 1.29 is 14.7 Å². The van der Waals surface area contributed by atoms with E-state index in [9.17, 15) is 14.7 Å². The van der Waals surface area contributed by atoms with Gasteiger partial charge in [0.05, 0.1) is 5.69 Å². The van der Waals surface area contributed by atoms with Gasteiger partial charge in [-0.05, 0) is 37.8 Å². The fraction of sp³-hybridized carbons (Fsp3) is 0.476. The minimum atomic E-state index is -1.13. The van der Waals surface area contributed by atoms with Crippen LogP contribution in [0.15, 0.2) is 30.3 Å². The molecule has 0 spiro atoms. The molecule has 0 radical (unpaired) electrons. The van der Waals surface area contributed by atoms with Crippen LogP contribution in [0.1, 0.15) is 42.8 Å². The highest BCUT2D eigenvalue weighted by molar-refractivity contribution is 5.84. The lowest BCUT2D eigenvalue weighted by atomic mass is 9.78. The summed E-state index contributed by atoms with van der Waals surface area (Å²) < 4.78 is 1.82. The molecule has 27 heavy (non-hydrogen) atoms. The number of carboxylic acids is 1. The van der Waals surface area contributed by atoms with Crippen LogP contribution >= 0.6 is 0 Å². The van der Waals surface area contributed by atoms with Crippen LogP contribution in [-0.4, -0.2) is 33.3 Å². The van der Waals surface area contributed by atoms with Crippen LogP contribution in [0.25, 0.3) is 0 Å². The van der Waals surface area contributed by atoms with Crippen LogP contribution in [-0.2, 0) is 28.5 Å². The first kappa shape index (κ1) is 20.7. The van der Waals surface area contributed by atoms with Crippen LogP contribution in [0.5, 0.6) is 0 Å². The molecule has 2 aromatic rings. The summed E-state index contributed by atoms with van der Waals surface area (Å²) in [6.07, 6.45) is 0.969. The van der Waals surface area contributed by atoms with Gasteiger partial charge in [0.25, 0.3) is 0 Å². The smallest absolute Gasteiger partial charge is 0.315 e. The molecule has 2 rings (SSSR count). The topological polar surface area (TPSA) is 84.2 Å². The molecule has 0 aliphatic carbocycles. The fourth-order valence-corrected chi connectivity index (χ4v) is 3.46. The van der Waals surface area contributed by atoms with Gasteiger partial charge >= 0.3 is 5.97 Å². The first-order valence-corrected chi connectivity index (χ1v) is 9.28. The maximum atomic E-state index is 12.7. The van der Waals surface area contributed by atoms with Gasteiger partial charge in [-0.2, -0.15) is 5.10 Å². The number of amides is 1. The Balaban J connectivity index is 2.12. The van der Waals surface area contributed by atoms with E-state index in [1.54, 1.807) is 12.1 Å². The number of carboxylic acid groups (broad SMARTS) is 1. The molecule has 0 bridgehead atoms. The molecule has 1 amide bonds. The Morgan fingerprint density at radius 1 is 1.26 bits per heavy atom. The van der Waals surface area contributed by atoms with Crippen LogP contribution < -0.4 is 5.32 Å². The summed E-state index contributed by atoms with van der Waals surface area (Å²) in [4.78, 5) is 24.7. The molecule has 0 aliphatic rings. The van der Waals surface area contributed by atoms with Crippen molar-refractivity contribution in [2.75, 3.05) is 6.54 Å². The lowest BCUT2D eigenvalue weighted by molar-refractivity contribution is -0.144. The number of carbonyl (C=O) groups excluding carboxylic acids is 1. The maximum absolute atomic E-state index is 12.7. The monoisotopic (exact) mass is 371 g/mol. The molecule has 146 valence electrons. The normalized spacial score (nSPS) is 14.4. The second-order valence-corrected chi connectivity index (χ2v) is 7.20. The van der Waals surface area contributed by atoms with Crippen molar-refractivity contribution in [3.63, 3.8) is 0 Å². The maximum Gasteiger partial charge on any atom is 0.315 e. The second kappa shape index (κ2) is 8.37. The number of aromatic nitrogens is 2. The zero-order valence-electron chi connectivity index (χ0n) is 16.7. The Hall–Kier alpha value is -2.63. The largest absolute Gasteiger partial charge is 0.481 e. The molecular weight excluding hydrogens is 342 g/mol. The molecule has 2 N–H and O–H groups in total. The van der Waals surface area contributed by atoms with Crippen molar-refractivity contribution >= 4 is 11.9 Å². The second-order valence-electron chi connectivity index (χ2n) is 7.20. The molecule has 2 unspecified atom stereocenters. The summed E-state index contributed by atoms with van der Waals surface area (Å²) >= 11 is 0. The van der Waals surface area contributed by atoms with Gasteiger partial charge in [-0.25, -0.2) is 0 Å². The molecule has 1 heterocycles. The number of aryl methyl sites for hydroxylation is 2. The quantitative estimate of drug-likeness (QED) is 0.747. The number of carbonyl (C=O) groups is 2. The number of nitrogens with zero attached hydrogens (tertiary/aromatic N) is 2. The fourth-order valence-electron chi connectivity index (χ4n) is 3.46. The van der Waals surface area contributed by atoms with Crippen molar-refractivity contribution in [2.45, 2.75) is 46.0 Å². The minimum Gasteiger partial charge on any atom is -0.481 e. The van der Waals surface area contributed by atoms with Crippen molar-refractivity contribution in [3.05, 3.63) is 52.8 Å². The Bertz CT molecular complexity index is 814. The lowest BCUT2D eigenvalue weighted by Gasteiger charge is -2.29. The minimum absolute atomic E-state index is 0.0665. The van der Waals surface area contributed by atoms with Crippen molar-refractivity contribution in [1.29, 1.82) is 0 Å². The van der Waals surface area contributed by atoms with Crippen LogP contribution in [0.4, 0.5) is 0 Å². The molecule has 0 aliphatic heterocycles. The highest BCUT2D eigenvalue weighted by Gasteiger charge is 2.39. The highest BCUT2D eigenvalue weighted by atomic mass is 16.4. The molecule has 0 saturated carbocycles. The van der Waals surface area contributed by atoms with E-state index >= 15 is 0 Å². The van der Waals surface area contributed by atoms with Gasteiger partial charge in [0.1, 0.15) is 5.41 Å². The van der Waals surface area contributed by atoms with Crippen LogP contribution in [0.3, 0.4) is 0 Å². The van der Waals surface area contributed by atoms with Gasteiger partial charge in [0.2, 0.25) is 5.91 Å². The van der Waals surface area contributed by atoms with Gasteiger partial charge < -0.3 is 10.4 Å². The van der Waals surface area contributed by atoms with Crippen LogP contribution in [0.2, 0.25) is 0 Å². The third-order valence-electron chi connectivity index (χ3n) is 5.52. The van der Waals surface area contributed by atoms with E-state index in [1.165, 1.54) is 0 Å². The molecule has 1 aromatic carbocycles. The van der Waals surface area contributed by atoms with Gasteiger partial charge in [0, 0.05) is 25.2 Å². The van der Waals surface area contributed by atoms with Gasteiger partial charge in [0.15, 0.2) is 0 Å². The lowest BCUT2D eigenvalue weighted by Crippen LogP contribution is -2.47. The molecule has 6 heteroatoms. The van der Waals surface area contributed by atoms with E-state index < -0.39 is 11.4 Å². The highest BCUT2D eigenvalue weighted by Crippen LogP contribution is 2.28. The zero-order valence-corrected chi connectivity index (χ0v) is 16.7. The third-order valence-corrected chi connectivity index (χ3v) is 5.52. The standard InChI is InChI=1S/C21H29N3O3/c1-6-21(20(26)27,17-10-8-7-9-11-17)13-22-19(25)14(2)12-18-15(3)23-24(5)16(18)4/h7-11,14H,6,12-13H2,1-5H3,(H,22,25)(H,26,27). The summed E-state index contributed by atoms with van der Waals surface area (Å²) in [6, 6.07) is 9.10. The average molecular weight is 371 g/mol. The first-order valence-electron chi connectivity index (χ1n) is 9.28. The summed E-state index contributed by atoms with van der Waals surface area (Å²) in [6.45, 7) is 7.69. The predicted octanol–water partition coefficient (Wildman–Crippen LogP) is 2.76. The first-order chi connectivity index (χ1) is 12.7. The summed E-state index contributed by atoms with van der Waals surface area (Å²) in [5.41, 5.74) is 2.61. The predicted molar refractivity (Wildman–Crippen MR) is 105 cm³/mol. The number of aliphatic carboxylic acids is 1. The SMILES string of the molecule is CCC(CNC(=O)C(C)Cc1c(C)nn(C)c1C)(C(=O)O)c1ccccc1. The number of nitrogens with one attached hydrogen (secondary N) is 1. The molecule has 0 saturated heterocycles.